The van der Waals surface area contributed by atoms with Crippen LogP contribution in [0.3, 0.4) is 0 Å². The molecular weight excluding hydrogens is 405 g/mol. The van der Waals surface area contributed by atoms with Crippen LogP contribution in [0.15, 0.2) is 54.6 Å². The number of nitriles is 1. The summed E-state index contributed by atoms with van der Waals surface area (Å²) in [5, 5.41) is 9.22. The molecule has 1 aromatic heterocycles. The SMILES string of the molecule is N#Cc1ccccc1C(=O)N1CCC(c2nc(-c3ccccc3)c(C(F)(F)F)[nH]2)CC1. The molecule has 8 heteroatoms. The maximum absolute atomic E-state index is 13.6. The topological polar surface area (TPSA) is 72.8 Å². The molecule has 1 aliphatic heterocycles. The first-order valence-electron chi connectivity index (χ1n) is 9.89. The molecule has 0 aliphatic carbocycles. The number of alkyl halides is 3. The third-order valence-corrected chi connectivity index (χ3v) is 5.50. The molecular formula is C23H19F3N4O. The largest absolute Gasteiger partial charge is 0.433 e. The van der Waals surface area contributed by atoms with Crippen LogP contribution in [-0.2, 0) is 6.18 Å². The lowest BCUT2D eigenvalue weighted by Gasteiger charge is -2.31. The Balaban J connectivity index is 1.54. The summed E-state index contributed by atoms with van der Waals surface area (Å²) in [5.41, 5.74) is 0.0907. The van der Waals surface area contributed by atoms with E-state index in [1.165, 1.54) is 0 Å². The zero-order valence-corrected chi connectivity index (χ0v) is 16.5. The van der Waals surface area contributed by atoms with E-state index in [1.54, 1.807) is 59.5 Å². The van der Waals surface area contributed by atoms with E-state index in [0.717, 1.165) is 0 Å². The van der Waals surface area contributed by atoms with Crippen LogP contribution in [0.5, 0.6) is 0 Å². The summed E-state index contributed by atoms with van der Waals surface area (Å²) in [6.07, 6.45) is -3.58. The van der Waals surface area contributed by atoms with Crippen molar-refractivity contribution in [3.8, 4) is 17.3 Å². The summed E-state index contributed by atoms with van der Waals surface area (Å²) in [6, 6.07) is 16.9. The molecule has 2 aromatic carbocycles. The minimum absolute atomic E-state index is 0.107. The normalized spacial score (nSPS) is 15.0. The minimum Gasteiger partial charge on any atom is -0.339 e. The molecule has 5 nitrogen and oxygen atoms in total. The van der Waals surface area contributed by atoms with Gasteiger partial charge in [0.1, 0.15) is 17.2 Å². The summed E-state index contributed by atoms with van der Waals surface area (Å²) in [7, 11) is 0. The van der Waals surface area contributed by atoms with Gasteiger partial charge in [-0.05, 0) is 25.0 Å². The summed E-state index contributed by atoms with van der Waals surface area (Å²) in [4.78, 5) is 21.2. The lowest BCUT2D eigenvalue weighted by molar-refractivity contribution is -0.140. The van der Waals surface area contributed by atoms with Crippen LogP contribution in [-0.4, -0.2) is 33.9 Å². The molecule has 1 fully saturated rings. The molecule has 0 radical (unpaired) electrons. The maximum atomic E-state index is 13.6. The number of halogens is 3. The van der Waals surface area contributed by atoms with Gasteiger partial charge in [-0.2, -0.15) is 18.4 Å². The van der Waals surface area contributed by atoms with Crippen LogP contribution in [0.4, 0.5) is 13.2 Å². The van der Waals surface area contributed by atoms with E-state index < -0.39 is 11.9 Å². The number of likely N-dealkylation sites (tertiary alicyclic amines) is 1. The Hall–Kier alpha value is -3.60. The highest BCUT2D eigenvalue weighted by Gasteiger charge is 2.38. The standard InChI is InChI=1S/C23H19F3N4O/c24-23(25,26)20-19(15-6-2-1-3-7-15)28-21(29-20)16-10-12-30(13-11-16)22(31)18-9-5-4-8-17(18)14-27/h1-9,16H,10-13H2,(H,28,29). The molecule has 158 valence electrons. The molecule has 1 amide bonds. The fraction of sp³-hybridized carbons (Fsp3) is 0.261. The van der Waals surface area contributed by atoms with Gasteiger partial charge in [0.25, 0.3) is 5.91 Å². The monoisotopic (exact) mass is 424 g/mol. The number of nitrogens with zero attached hydrogens (tertiary/aromatic N) is 3. The Kier molecular flexibility index (Phi) is 5.51. The lowest BCUT2D eigenvalue weighted by Crippen LogP contribution is -2.38. The zero-order valence-electron chi connectivity index (χ0n) is 16.5. The Morgan fingerprint density at radius 3 is 2.35 bits per heavy atom. The molecule has 4 rings (SSSR count). The smallest absolute Gasteiger partial charge is 0.339 e. The molecule has 0 atom stereocenters. The van der Waals surface area contributed by atoms with Gasteiger partial charge in [-0.15, -0.1) is 0 Å². The van der Waals surface area contributed by atoms with Gasteiger partial charge < -0.3 is 9.88 Å². The third kappa shape index (κ3) is 4.17. The highest BCUT2D eigenvalue weighted by Crippen LogP contribution is 2.38. The van der Waals surface area contributed by atoms with E-state index in [0.29, 0.717) is 42.6 Å². The average molecular weight is 424 g/mol. The fourth-order valence-corrected chi connectivity index (χ4v) is 3.89. The first kappa shape index (κ1) is 20.7. The van der Waals surface area contributed by atoms with Crippen molar-refractivity contribution in [3.05, 3.63) is 77.2 Å². The van der Waals surface area contributed by atoms with Crippen molar-refractivity contribution in [1.29, 1.82) is 5.26 Å². The summed E-state index contributed by atoms with van der Waals surface area (Å²) < 4.78 is 40.8. The van der Waals surface area contributed by atoms with Gasteiger partial charge in [-0.3, -0.25) is 4.79 Å². The van der Waals surface area contributed by atoms with Gasteiger partial charge >= 0.3 is 6.18 Å². The Morgan fingerprint density at radius 1 is 1.06 bits per heavy atom. The lowest BCUT2D eigenvalue weighted by atomic mass is 9.95. The predicted molar refractivity (Wildman–Crippen MR) is 108 cm³/mol. The number of benzene rings is 2. The molecule has 1 N–H and O–H groups in total. The van der Waals surface area contributed by atoms with Gasteiger partial charge in [0.05, 0.1) is 17.2 Å². The molecule has 1 aliphatic rings. The molecule has 3 aromatic rings. The summed E-state index contributed by atoms with van der Waals surface area (Å²) in [6.45, 7) is 0.762. The predicted octanol–water partition coefficient (Wildman–Crippen LogP) is 4.99. The van der Waals surface area contributed by atoms with E-state index >= 15 is 0 Å². The van der Waals surface area contributed by atoms with Crippen LogP contribution in [0.1, 0.15) is 46.2 Å². The van der Waals surface area contributed by atoms with Crippen molar-refractivity contribution in [3.63, 3.8) is 0 Å². The number of H-pyrrole nitrogens is 1. The fourth-order valence-electron chi connectivity index (χ4n) is 3.89. The summed E-state index contributed by atoms with van der Waals surface area (Å²) in [5.74, 6) is -0.166. The van der Waals surface area contributed by atoms with Gasteiger partial charge in [-0.1, -0.05) is 42.5 Å². The number of piperidine rings is 1. The highest BCUT2D eigenvalue weighted by molar-refractivity contribution is 5.96. The second kappa shape index (κ2) is 8.26. The van der Waals surface area contributed by atoms with E-state index in [2.05, 4.69) is 9.97 Å². The van der Waals surface area contributed by atoms with E-state index in [4.69, 9.17) is 0 Å². The average Bonchev–Trinajstić information content (AvgIpc) is 3.25. The molecule has 2 heterocycles. The van der Waals surface area contributed by atoms with Crippen molar-refractivity contribution >= 4 is 5.91 Å². The Labute approximate surface area is 177 Å². The third-order valence-electron chi connectivity index (χ3n) is 5.50. The van der Waals surface area contributed by atoms with Crippen molar-refractivity contribution in [2.45, 2.75) is 24.9 Å². The minimum atomic E-state index is -4.55. The van der Waals surface area contributed by atoms with Crippen LogP contribution in [0.2, 0.25) is 0 Å². The first-order valence-corrected chi connectivity index (χ1v) is 9.89. The van der Waals surface area contributed by atoms with E-state index in [9.17, 15) is 23.2 Å². The van der Waals surface area contributed by atoms with Crippen molar-refractivity contribution in [2.24, 2.45) is 0 Å². The van der Waals surface area contributed by atoms with Crippen molar-refractivity contribution in [1.82, 2.24) is 14.9 Å². The van der Waals surface area contributed by atoms with E-state index in [-0.39, 0.29) is 23.3 Å². The van der Waals surface area contributed by atoms with Crippen LogP contribution in [0.25, 0.3) is 11.3 Å². The number of hydrogen-bond donors (Lipinski definition) is 1. The second-order valence-electron chi connectivity index (χ2n) is 7.43. The van der Waals surface area contributed by atoms with Crippen molar-refractivity contribution in [2.75, 3.05) is 13.1 Å². The molecule has 0 saturated carbocycles. The highest BCUT2D eigenvalue weighted by atomic mass is 19.4. The van der Waals surface area contributed by atoms with Gasteiger partial charge in [0.2, 0.25) is 0 Å². The Morgan fingerprint density at radius 2 is 1.71 bits per heavy atom. The molecule has 1 saturated heterocycles. The quantitative estimate of drug-likeness (QED) is 0.644. The molecule has 0 bridgehead atoms. The molecule has 31 heavy (non-hydrogen) atoms. The number of rotatable bonds is 3. The van der Waals surface area contributed by atoms with Gasteiger partial charge in [-0.25, -0.2) is 4.98 Å². The maximum Gasteiger partial charge on any atom is 0.433 e. The number of aromatic nitrogens is 2. The molecule has 0 unspecified atom stereocenters. The van der Waals surface area contributed by atoms with E-state index in [1.807, 2.05) is 6.07 Å². The van der Waals surface area contributed by atoms with Gasteiger partial charge in [0, 0.05) is 24.6 Å². The number of nitrogens with one attached hydrogen (secondary N) is 1. The zero-order chi connectivity index (χ0) is 22.0. The van der Waals surface area contributed by atoms with Crippen LogP contribution >= 0.6 is 0 Å². The van der Waals surface area contributed by atoms with Gasteiger partial charge in [0.15, 0.2) is 0 Å². The molecule has 0 spiro atoms. The number of carbonyl (C=O) groups excluding carboxylic acids is 1. The number of carbonyl (C=O) groups is 1. The second-order valence-corrected chi connectivity index (χ2v) is 7.43. The van der Waals surface area contributed by atoms with Crippen LogP contribution in [0, 0.1) is 11.3 Å². The van der Waals surface area contributed by atoms with Crippen LogP contribution < -0.4 is 0 Å². The number of aromatic amines is 1. The van der Waals surface area contributed by atoms with Crippen molar-refractivity contribution < 1.29 is 18.0 Å². The number of hydrogen-bond acceptors (Lipinski definition) is 3. The number of imidazole rings is 1. The summed E-state index contributed by atoms with van der Waals surface area (Å²) >= 11 is 0. The number of amides is 1. The Bertz CT molecular complexity index is 1120. The first-order chi connectivity index (χ1) is 14.9.